The predicted molar refractivity (Wildman–Crippen MR) is 83.9 cm³/mol. The lowest BCUT2D eigenvalue weighted by Crippen LogP contribution is -2.44. The van der Waals surface area contributed by atoms with Gasteiger partial charge in [-0.3, -0.25) is 0 Å². The number of urea groups is 1. The van der Waals surface area contributed by atoms with Gasteiger partial charge < -0.3 is 10.2 Å². The van der Waals surface area contributed by atoms with E-state index in [0.29, 0.717) is 12.0 Å². The number of aromatic nitrogens is 1. The van der Waals surface area contributed by atoms with Crippen LogP contribution in [0.4, 0.5) is 4.79 Å². The van der Waals surface area contributed by atoms with Crippen LogP contribution in [0.1, 0.15) is 60.0 Å². The van der Waals surface area contributed by atoms with Crippen molar-refractivity contribution >= 4 is 17.4 Å². The van der Waals surface area contributed by atoms with Gasteiger partial charge in [0.1, 0.15) is 0 Å². The van der Waals surface area contributed by atoms with E-state index >= 15 is 0 Å². The number of nitrogens with one attached hydrogen (secondary N) is 1. The number of amides is 2. The maximum atomic E-state index is 12.1. The first-order chi connectivity index (χ1) is 10.3. The summed E-state index contributed by atoms with van der Waals surface area (Å²) in [6.07, 6.45) is 9.50. The van der Waals surface area contributed by atoms with Gasteiger partial charge in [0, 0.05) is 29.9 Å². The van der Waals surface area contributed by atoms with Gasteiger partial charge in [-0.15, -0.1) is 11.3 Å². The molecule has 1 saturated heterocycles. The lowest BCUT2D eigenvalue weighted by molar-refractivity contribution is 0.181. The number of likely N-dealkylation sites (tertiary alicyclic amines) is 1. The monoisotopic (exact) mass is 305 g/mol. The zero-order valence-corrected chi connectivity index (χ0v) is 13.3. The summed E-state index contributed by atoms with van der Waals surface area (Å²) in [7, 11) is 0. The molecule has 1 aromatic rings. The van der Waals surface area contributed by atoms with Crippen LogP contribution in [0.5, 0.6) is 0 Å². The van der Waals surface area contributed by atoms with Crippen LogP contribution in [0.3, 0.4) is 0 Å². The summed E-state index contributed by atoms with van der Waals surface area (Å²) in [6, 6.07) is 0.607. The van der Waals surface area contributed by atoms with Crippen molar-refractivity contribution in [3.8, 4) is 0 Å². The SMILES string of the molecule is O=C(NC1CC1)N1CCC(c2nc3c(s2)CCCC3)CC1. The van der Waals surface area contributed by atoms with E-state index in [1.807, 2.05) is 16.2 Å². The van der Waals surface area contributed by atoms with Crippen LogP contribution < -0.4 is 5.32 Å². The highest BCUT2D eigenvalue weighted by molar-refractivity contribution is 7.11. The second-order valence-electron chi connectivity index (χ2n) is 6.61. The van der Waals surface area contributed by atoms with Crippen molar-refractivity contribution in [1.29, 1.82) is 0 Å². The number of rotatable bonds is 2. The highest BCUT2D eigenvalue weighted by atomic mass is 32.1. The molecule has 1 aromatic heterocycles. The van der Waals surface area contributed by atoms with Crippen molar-refractivity contribution in [3.63, 3.8) is 0 Å². The van der Waals surface area contributed by atoms with Crippen LogP contribution in [0, 0.1) is 0 Å². The summed E-state index contributed by atoms with van der Waals surface area (Å²) in [5.74, 6) is 0.575. The molecule has 1 aliphatic heterocycles. The molecule has 5 heteroatoms. The summed E-state index contributed by atoms with van der Waals surface area (Å²) in [5, 5.41) is 4.43. The zero-order valence-electron chi connectivity index (χ0n) is 12.4. The molecule has 1 saturated carbocycles. The Kier molecular flexibility index (Phi) is 3.61. The van der Waals surface area contributed by atoms with Gasteiger partial charge in [-0.05, 0) is 51.4 Å². The van der Waals surface area contributed by atoms with Gasteiger partial charge in [0.15, 0.2) is 0 Å². The van der Waals surface area contributed by atoms with E-state index < -0.39 is 0 Å². The Morgan fingerprint density at radius 2 is 1.90 bits per heavy atom. The third-order valence-electron chi connectivity index (χ3n) is 4.90. The largest absolute Gasteiger partial charge is 0.335 e. The summed E-state index contributed by atoms with van der Waals surface area (Å²) < 4.78 is 0. The molecular formula is C16H23N3OS. The lowest BCUT2D eigenvalue weighted by Gasteiger charge is -2.31. The molecule has 0 spiro atoms. The molecule has 114 valence electrons. The Bertz CT molecular complexity index is 506. The summed E-state index contributed by atoms with van der Waals surface area (Å²) in [4.78, 5) is 20.5. The Morgan fingerprint density at radius 1 is 1.14 bits per heavy atom. The maximum absolute atomic E-state index is 12.1. The molecule has 0 bridgehead atoms. The number of carbonyl (C=O) groups is 1. The van der Waals surface area contributed by atoms with Gasteiger partial charge in [0.25, 0.3) is 0 Å². The number of fused-ring (bicyclic) bond motifs is 1. The predicted octanol–water partition coefficient (Wildman–Crippen LogP) is 3.07. The van der Waals surface area contributed by atoms with Gasteiger partial charge >= 0.3 is 6.03 Å². The number of hydrogen-bond donors (Lipinski definition) is 1. The normalized spacial score (nSPS) is 23.0. The van der Waals surface area contributed by atoms with Crippen LogP contribution in [0.25, 0.3) is 0 Å². The molecule has 0 atom stereocenters. The maximum Gasteiger partial charge on any atom is 0.317 e. The molecule has 21 heavy (non-hydrogen) atoms. The van der Waals surface area contributed by atoms with Crippen molar-refractivity contribution < 1.29 is 4.79 Å². The standard InChI is InChI=1S/C16H23N3OS/c20-16(17-12-5-6-12)19-9-7-11(8-10-19)15-18-13-3-1-2-4-14(13)21-15/h11-12H,1-10H2,(H,17,20). The molecule has 2 aliphatic carbocycles. The summed E-state index contributed by atoms with van der Waals surface area (Å²) in [6.45, 7) is 1.76. The minimum atomic E-state index is 0.148. The number of thiazole rings is 1. The quantitative estimate of drug-likeness (QED) is 0.912. The first kappa shape index (κ1) is 13.6. The van der Waals surface area contributed by atoms with Crippen LogP contribution in [0.2, 0.25) is 0 Å². The van der Waals surface area contributed by atoms with Gasteiger partial charge in [0.2, 0.25) is 0 Å². The number of nitrogens with zero attached hydrogens (tertiary/aromatic N) is 2. The Balaban J connectivity index is 1.36. The van der Waals surface area contributed by atoms with E-state index in [-0.39, 0.29) is 6.03 Å². The molecule has 0 radical (unpaired) electrons. The molecule has 2 amide bonds. The smallest absolute Gasteiger partial charge is 0.317 e. The molecule has 4 rings (SSSR count). The topological polar surface area (TPSA) is 45.2 Å². The molecule has 1 N–H and O–H groups in total. The van der Waals surface area contributed by atoms with Crippen LogP contribution >= 0.6 is 11.3 Å². The van der Waals surface area contributed by atoms with Crippen molar-refractivity contribution in [2.75, 3.05) is 13.1 Å². The fourth-order valence-electron chi connectivity index (χ4n) is 3.37. The van der Waals surface area contributed by atoms with Crippen LogP contribution in [-0.4, -0.2) is 35.0 Å². The first-order valence-corrected chi connectivity index (χ1v) is 9.15. The average molecular weight is 305 g/mol. The third-order valence-corrected chi connectivity index (χ3v) is 6.22. The van der Waals surface area contributed by atoms with Crippen molar-refractivity contribution in [2.24, 2.45) is 0 Å². The lowest BCUT2D eigenvalue weighted by atomic mass is 9.97. The molecule has 3 aliphatic rings. The molecule has 0 aromatic carbocycles. The summed E-state index contributed by atoms with van der Waals surface area (Å²) in [5.41, 5.74) is 1.37. The summed E-state index contributed by atoms with van der Waals surface area (Å²) >= 11 is 1.94. The van der Waals surface area contributed by atoms with Crippen molar-refractivity contribution in [2.45, 2.75) is 63.3 Å². The Morgan fingerprint density at radius 3 is 2.62 bits per heavy atom. The van der Waals surface area contributed by atoms with Crippen LogP contribution in [0.15, 0.2) is 0 Å². The van der Waals surface area contributed by atoms with E-state index in [2.05, 4.69) is 5.32 Å². The highest BCUT2D eigenvalue weighted by Crippen LogP contribution is 2.35. The number of piperidine rings is 1. The van der Waals surface area contributed by atoms with Gasteiger partial charge in [-0.1, -0.05) is 0 Å². The molecular weight excluding hydrogens is 282 g/mol. The molecule has 2 fully saturated rings. The minimum Gasteiger partial charge on any atom is -0.335 e. The second-order valence-corrected chi connectivity index (χ2v) is 7.73. The van der Waals surface area contributed by atoms with E-state index in [1.54, 1.807) is 0 Å². The fraction of sp³-hybridized carbons (Fsp3) is 0.750. The third kappa shape index (κ3) is 2.93. The van der Waals surface area contributed by atoms with Gasteiger partial charge in [0.05, 0.1) is 10.7 Å². The van der Waals surface area contributed by atoms with E-state index in [9.17, 15) is 4.79 Å². The van der Waals surface area contributed by atoms with Gasteiger partial charge in [-0.25, -0.2) is 9.78 Å². The number of carbonyl (C=O) groups excluding carboxylic acids is 1. The van der Waals surface area contributed by atoms with E-state index in [0.717, 1.165) is 38.8 Å². The second kappa shape index (κ2) is 5.59. The van der Waals surface area contributed by atoms with Gasteiger partial charge in [-0.2, -0.15) is 0 Å². The van der Waals surface area contributed by atoms with E-state index in [1.165, 1.54) is 41.3 Å². The molecule has 4 nitrogen and oxygen atoms in total. The number of aryl methyl sites for hydroxylation is 2. The Hall–Kier alpha value is -1.10. The molecule has 0 unspecified atom stereocenters. The first-order valence-electron chi connectivity index (χ1n) is 8.33. The van der Waals surface area contributed by atoms with Crippen molar-refractivity contribution in [1.82, 2.24) is 15.2 Å². The van der Waals surface area contributed by atoms with Crippen molar-refractivity contribution in [3.05, 3.63) is 15.6 Å². The number of hydrogen-bond acceptors (Lipinski definition) is 3. The average Bonchev–Trinajstić information content (AvgIpc) is 3.22. The van der Waals surface area contributed by atoms with Crippen LogP contribution in [-0.2, 0) is 12.8 Å². The highest BCUT2D eigenvalue weighted by Gasteiger charge is 2.30. The molecule has 2 heterocycles. The Labute approximate surface area is 129 Å². The van der Waals surface area contributed by atoms with E-state index in [4.69, 9.17) is 4.98 Å². The zero-order chi connectivity index (χ0) is 14.2. The minimum absolute atomic E-state index is 0.148. The fourth-order valence-corrected chi connectivity index (χ4v) is 4.69.